The van der Waals surface area contributed by atoms with E-state index in [2.05, 4.69) is 5.32 Å². The molecule has 1 N–H and O–H groups in total. The fraction of sp³-hybridized carbons (Fsp3) is 0.350. The normalized spacial score (nSPS) is 15.3. The van der Waals surface area contributed by atoms with Gasteiger partial charge in [0.15, 0.2) is 0 Å². The van der Waals surface area contributed by atoms with Gasteiger partial charge in [-0.1, -0.05) is 12.5 Å². The molecule has 1 heterocycles. The van der Waals surface area contributed by atoms with Gasteiger partial charge >= 0.3 is 0 Å². The Balaban J connectivity index is 1.83. The summed E-state index contributed by atoms with van der Waals surface area (Å²) in [5.74, 6) is 0.366. The summed E-state index contributed by atoms with van der Waals surface area (Å²) < 4.78 is 32.4. The highest BCUT2D eigenvalue weighted by molar-refractivity contribution is 7.89. The van der Waals surface area contributed by atoms with Crippen LogP contribution in [-0.2, 0) is 10.0 Å². The second-order valence-electron chi connectivity index (χ2n) is 6.62. The maximum Gasteiger partial charge on any atom is 0.255 e. The first-order chi connectivity index (χ1) is 12.9. The molecule has 0 unspecified atom stereocenters. The minimum atomic E-state index is -3.55. The van der Waals surface area contributed by atoms with Gasteiger partial charge in [-0.05, 0) is 61.7 Å². The zero-order chi connectivity index (χ0) is 19.4. The van der Waals surface area contributed by atoms with E-state index in [-0.39, 0.29) is 10.8 Å². The third-order valence-corrected chi connectivity index (χ3v) is 6.66. The Morgan fingerprint density at radius 1 is 1.04 bits per heavy atom. The van der Waals surface area contributed by atoms with Crippen molar-refractivity contribution in [2.45, 2.75) is 31.1 Å². The van der Waals surface area contributed by atoms with E-state index in [4.69, 9.17) is 4.74 Å². The molecule has 0 radical (unpaired) electrons. The summed E-state index contributed by atoms with van der Waals surface area (Å²) in [6.07, 6.45) is 2.82. The molecular weight excluding hydrogens is 364 g/mol. The van der Waals surface area contributed by atoms with Crippen molar-refractivity contribution in [2.75, 3.05) is 25.5 Å². The lowest BCUT2D eigenvalue weighted by atomic mass is 10.1. The number of carbonyl (C=O) groups is 1. The summed E-state index contributed by atoms with van der Waals surface area (Å²) in [4.78, 5) is 12.7. The van der Waals surface area contributed by atoms with E-state index in [1.54, 1.807) is 49.6 Å². The van der Waals surface area contributed by atoms with Crippen LogP contribution < -0.4 is 10.1 Å². The Morgan fingerprint density at radius 3 is 2.33 bits per heavy atom. The lowest BCUT2D eigenvalue weighted by molar-refractivity contribution is 0.102. The molecule has 1 saturated heterocycles. The van der Waals surface area contributed by atoms with Crippen molar-refractivity contribution in [3.63, 3.8) is 0 Å². The highest BCUT2D eigenvalue weighted by atomic mass is 32.2. The smallest absolute Gasteiger partial charge is 0.255 e. The zero-order valence-electron chi connectivity index (χ0n) is 15.6. The van der Waals surface area contributed by atoms with Gasteiger partial charge in [-0.3, -0.25) is 4.79 Å². The van der Waals surface area contributed by atoms with Crippen molar-refractivity contribution in [1.29, 1.82) is 0 Å². The van der Waals surface area contributed by atoms with E-state index < -0.39 is 10.0 Å². The summed E-state index contributed by atoms with van der Waals surface area (Å²) in [7, 11) is -1.98. The summed E-state index contributed by atoms with van der Waals surface area (Å²) in [6, 6.07) is 11.6. The van der Waals surface area contributed by atoms with Crippen LogP contribution in [-0.4, -0.2) is 38.8 Å². The number of aryl methyl sites for hydroxylation is 1. The molecule has 2 aromatic carbocycles. The van der Waals surface area contributed by atoms with Crippen LogP contribution >= 0.6 is 0 Å². The fourth-order valence-corrected chi connectivity index (χ4v) is 4.63. The van der Waals surface area contributed by atoms with Crippen LogP contribution in [0.2, 0.25) is 0 Å². The van der Waals surface area contributed by atoms with Crippen LogP contribution in [0.15, 0.2) is 47.4 Å². The standard InChI is InChI=1S/C20H24N2O4S/c1-15-6-11-18(27(24,25)22-12-4-3-5-13-22)14-19(15)21-20(23)16-7-9-17(26-2)10-8-16/h6-11,14H,3-5,12-13H2,1-2H3,(H,21,23). The van der Waals surface area contributed by atoms with E-state index in [1.165, 1.54) is 4.31 Å². The molecule has 7 heteroatoms. The molecule has 0 spiro atoms. The zero-order valence-corrected chi connectivity index (χ0v) is 16.4. The number of hydrogen-bond donors (Lipinski definition) is 1. The van der Waals surface area contributed by atoms with Crippen LogP contribution in [0.3, 0.4) is 0 Å². The van der Waals surface area contributed by atoms with E-state index in [0.717, 1.165) is 24.8 Å². The molecule has 1 aliphatic heterocycles. The summed E-state index contributed by atoms with van der Waals surface area (Å²) >= 11 is 0. The van der Waals surface area contributed by atoms with Crippen LogP contribution in [0.5, 0.6) is 5.75 Å². The van der Waals surface area contributed by atoms with Gasteiger partial charge in [0.25, 0.3) is 5.91 Å². The molecule has 0 bridgehead atoms. The maximum atomic E-state index is 12.9. The summed E-state index contributed by atoms with van der Waals surface area (Å²) in [5, 5.41) is 2.82. The SMILES string of the molecule is COc1ccc(C(=O)Nc2cc(S(=O)(=O)N3CCCCC3)ccc2C)cc1. The quantitative estimate of drug-likeness (QED) is 0.851. The highest BCUT2D eigenvalue weighted by Gasteiger charge is 2.26. The van der Waals surface area contributed by atoms with Crippen molar-refractivity contribution < 1.29 is 17.9 Å². The fourth-order valence-electron chi connectivity index (χ4n) is 3.09. The molecule has 27 heavy (non-hydrogen) atoms. The first-order valence-corrected chi connectivity index (χ1v) is 10.4. The van der Waals surface area contributed by atoms with Crippen LogP contribution in [0, 0.1) is 6.92 Å². The van der Waals surface area contributed by atoms with E-state index in [0.29, 0.717) is 30.1 Å². The summed E-state index contributed by atoms with van der Waals surface area (Å²) in [5.41, 5.74) is 1.77. The lowest BCUT2D eigenvalue weighted by Gasteiger charge is -2.26. The third kappa shape index (κ3) is 4.31. The number of ether oxygens (including phenoxy) is 1. The molecule has 6 nitrogen and oxygen atoms in total. The van der Waals surface area contributed by atoms with Crippen LogP contribution in [0.25, 0.3) is 0 Å². The number of anilines is 1. The number of nitrogens with zero attached hydrogens (tertiary/aromatic N) is 1. The van der Waals surface area contributed by atoms with Gasteiger partial charge in [-0.15, -0.1) is 0 Å². The monoisotopic (exact) mass is 388 g/mol. The average Bonchev–Trinajstić information content (AvgIpc) is 2.70. The number of sulfonamides is 1. The molecule has 0 saturated carbocycles. The molecule has 0 aliphatic carbocycles. The maximum absolute atomic E-state index is 12.9. The minimum absolute atomic E-state index is 0.208. The van der Waals surface area contributed by atoms with Gasteiger partial charge in [0.2, 0.25) is 10.0 Å². The highest BCUT2D eigenvalue weighted by Crippen LogP contribution is 2.25. The number of hydrogen-bond acceptors (Lipinski definition) is 4. The summed E-state index contributed by atoms with van der Waals surface area (Å²) in [6.45, 7) is 2.93. The first-order valence-electron chi connectivity index (χ1n) is 8.98. The van der Waals surface area contributed by atoms with Gasteiger partial charge in [0.05, 0.1) is 12.0 Å². The molecule has 1 amide bonds. The van der Waals surface area contributed by atoms with Crippen molar-refractivity contribution in [2.24, 2.45) is 0 Å². The lowest BCUT2D eigenvalue weighted by Crippen LogP contribution is -2.35. The molecule has 1 aliphatic rings. The molecule has 144 valence electrons. The topological polar surface area (TPSA) is 75.7 Å². The van der Waals surface area contributed by atoms with Crippen molar-refractivity contribution >= 4 is 21.6 Å². The molecular formula is C20H24N2O4S. The molecule has 0 atom stereocenters. The molecule has 1 fully saturated rings. The Labute approximate surface area is 160 Å². The van der Waals surface area contributed by atoms with Crippen LogP contribution in [0.4, 0.5) is 5.69 Å². The number of amides is 1. The number of rotatable bonds is 5. The Kier molecular flexibility index (Phi) is 5.82. The van der Waals surface area contributed by atoms with Gasteiger partial charge in [0.1, 0.15) is 5.75 Å². The number of nitrogens with one attached hydrogen (secondary N) is 1. The molecule has 2 aromatic rings. The largest absolute Gasteiger partial charge is 0.497 e. The first kappa shape index (κ1) is 19.4. The third-order valence-electron chi connectivity index (χ3n) is 4.76. The minimum Gasteiger partial charge on any atom is -0.497 e. The van der Waals surface area contributed by atoms with E-state index >= 15 is 0 Å². The Bertz CT molecular complexity index is 917. The van der Waals surface area contributed by atoms with Crippen molar-refractivity contribution in [1.82, 2.24) is 4.31 Å². The van der Waals surface area contributed by atoms with Crippen LogP contribution in [0.1, 0.15) is 35.2 Å². The predicted molar refractivity (Wildman–Crippen MR) is 105 cm³/mol. The Hall–Kier alpha value is -2.38. The van der Waals surface area contributed by atoms with E-state index in [1.807, 2.05) is 6.92 Å². The van der Waals surface area contributed by atoms with Gasteiger partial charge in [-0.25, -0.2) is 8.42 Å². The molecule has 3 rings (SSSR count). The number of piperidine rings is 1. The number of methoxy groups -OCH3 is 1. The van der Waals surface area contributed by atoms with Crippen molar-refractivity contribution in [3.8, 4) is 5.75 Å². The Morgan fingerprint density at radius 2 is 1.70 bits per heavy atom. The number of carbonyl (C=O) groups excluding carboxylic acids is 1. The number of benzene rings is 2. The molecule has 0 aromatic heterocycles. The van der Waals surface area contributed by atoms with Gasteiger partial charge in [0, 0.05) is 24.3 Å². The van der Waals surface area contributed by atoms with E-state index in [9.17, 15) is 13.2 Å². The second kappa shape index (κ2) is 8.10. The van der Waals surface area contributed by atoms with Gasteiger partial charge in [-0.2, -0.15) is 4.31 Å². The average molecular weight is 388 g/mol. The predicted octanol–water partition coefficient (Wildman–Crippen LogP) is 3.43. The second-order valence-corrected chi connectivity index (χ2v) is 8.56. The van der Waals surface area contributed by atoms with Crippen molar-refractivity contribution in [3.05, 3.63) is 53.6 Å². The van der Waals surface area contributed by atoms with Gasteiger partial charge < -0.3 is 10.1 Å².